The Morgan fingerprint density at radius 1 is 1.28 bits per heavy atom. The summed E-state index contributed by atoms with van der Waals surface area (Å²) in [5, 5.41) is 4.63. The Morgan fingerprint density at radius 3 is 2.78 bits per heavy atom. The third kappa shape index (κ3) is 3.18. The summed E-state index contributed by atoms with van der Waals surface area (Å²) in [4.78, 5) is 3.95. The fourth-order valence-electron chi connectivity index (χ4n) is 1.24. The average Bonchev–Trinajstić information content (AvgIpc) is 2.34. The fraction of sp³-hybridized carbons (Fsp3) is 0. The normalized spacial score (nSPS) is 10.8. The minimum Gasteiger partial charge on any atom is -0.260 e. The third-order valence-corrected chi connectivity index (χ3v) is 2.58. The molecule has 1 aromatic carbocycles. The van der Waals surface area contributed by atoms with E-state index in [1.165, 1.54) is 24.5 Å². The third-order valence-electron chi connectivity index (χ3n) is 2.09. The van der Waals surface area contributed by atoms with Gasteiger partial charge in [0, 0.05) is 11.8 Å². The second-order valence-corrected chi connectivity index (χ2v) is 4.22. The van der Waals surface area contributed by atoms with Gasteiger partial charge >= 0.3 is 0 Å². The number of pyridine rings is 1. The van der Waals surface area contributed by atoms with Crippen LogP contribution in [-0.2, 0) is 0 Å². The van der Waals surface area contributed by atoms with Crippen LogP contribution in [0, 0.1) is 5.82 Å². The lowest BCUT2D eigenvalue weighted by atomic mass is 10.2. The molecule has 0 bridgehead atoms. The summed E-state index contributed by atoms with van der Waals surface area (Å²) in [6.45, 7) is 0. The Morgan fingerprint density at radius 2 is 2.06 bits per heavy atom. The standard InChI is InChI=1S/C12H8Cl2FN3/c13-9-5-10(14)12(16-7-9)18-17-6-8-3-1-2-4-11(8)15/h1-7H,(H,16,18)/b17-6-. The molecule has 1 N–H and O–H groups in total. The molecule has 2 rings (SSSR count). The second kappa shape index (κ2) is 5.80. The quantitative estimate of drug-likeness (QED) is 0.684. The molecule has 6 heteroatoms. The van der Waals surface area contributed by atoms with Crippen LogP contribution in [0.15, 0.2) is 41.6 Å². The van der Waals surface area contributed by atoms with Crippen molar-refractivity contribution in [2.75, 3.05) is 5.43 Å². The van der Waals surface area contributed by atoms with E-state index in [0.717, 1.165) is 0 Å². The Labute approximate surface area is 113 Å². The van der Waals surface area contributed by atoms with Crippen molar-refractivity contribution in [3.8, 4) is 0 Å². The number of hydrogen-bond donors (Lipinski definition) is 1. The summed E-state index contributed by atoms with van der Waals surface area (Å²) in [5.74, 6) is 0.00636. The van der Waals surface area contributed by atoms with Crippen molar-refractivity contribution in [3.05, 3.63) is 58.0 Å². The molecule has 0 fully saturated rings. The van der Waals surface area contributed by atoms with Gasteiger partial charge < -0.3 is 0 Å². The predicted octanol–water partition coefficient (Wildman–Crippen LogP) is 3.97. The lowest BCUT2D eigenvalue weighted by Gasteiger charge is -2.02. The van der Waals surface area contributed by atoms with Crippen LogP contribution in [0.1, 0.15) is 5.56 Å². The lowest BCUT2D eigenvalue weighted by molar-refractivity contribution is 0.626. The molecule has 0 aliphatic rings. The topological polar surface area (TPSA) is 37.3 Å². The van der Waals surface area contributed by atoms with E-state index in [1.54, 1.807) is 18.2 Å². The van der Waals surface area contributed by atoms with E-state index >= 15 is 0 Å². The van der Waals surface area contributed by atoms with Crippen LogP contribution in [0.2, 0.25) is 10.0 Å². The maximum absolute atomic E-state index is 13.3. The lowest BCUT2D eigenvalue weighted by Crippen LogP contribution is -1.95. The summed E-state index contributed by atoms with van der Waals surface area (Å²) >= 11 is 11.6. The van der Waals surface area contributed by atoms with E-state index in [9.17, 15) is 4.39 Å². The SMILES string of the molecule is Fc1ccccc1/C=N\Nc1ncc(Cl)cc1Cl. The molecule has 1 aromatic heterocycles. The van der Waals surface area contributed by atoms with Crippen molar-refractivity contribution in [1.82, 2.24) is 4.98 Å². The number of anilines is 1. The molecule has 0 saturated carbocycles. The Bertz CT molecular complexity index is 587. The van der Waals surface area contributed by atoms with Crippen molar-refractivity contribution in [1.29, 1.82) is 0 Å². The highest BCUT2D eigenvalue weighted by Crippen LogP contribution is 2.22. The summed E-state index contributed by atoms with van der Waals surface area (Å²) in [6, 6.07) is 7.83. The van der Waals surface area contributed by atoms with Crippen LogP contribution < -0.4 is 5.43 Å². The van der Waals surface area contributed by atoms with Crippen LogP contribution in [0.5, 0.6) is 0 Å². The van der Waals surface area contributed by atoms with Gasteiger partial charge in [-0.1, -0.05) is 41.4 Å². The molecule has 0 aliphatic heterocycles. The minimum atomic E-state index is -0.349. The van der Waals surface area contributed by atoms with E-state index in [0.29, 0.717) is 21.4 Å². The van der Waals surface area contributed by atoms with Crippen LogP contribution in [0.3, 0.4) is 0 Å². The van der Waals surface area contributed by atoms with Crippen molar-refractivity contribution in [2.45, 2.75) is 0 Å². The molecule has 0 atom stereocenters. The van der Waals surface area contributed by atoms with Crippen molar-refractivity contribution in [2.24, 2.45) is 5.10 Å². The van der Waals surface area contributed by atoms with E-state index < -0.39 is 0 Å². The first-order valence-corrected chi connectivity index (χ1v) is 5.77. The van der Waals surface area contributed by atoms with Gasteiger partial charge in [0.25, 0.3) is 0 Å². The maximum atomic E-state index is 13.3. The number of aromatic nitrogens is 1. The van der Waals surface area contributed by atoms with Crippen molar-refractivity contribution in [3.63, 3.8) is 0 Å². The molecule has 2 aromatic rings. The van der Waals surface area contributed by atoms with Gasteiger partial charge in [0.05, 0.1) is 16.3 Å². The summed E-state index contributed by atoms with van der Waals surface area (Å²) < 4.78 is 13.3. The van der Waals surface area contributed by atoms with Gasteiger partial charge in [-0.3, -0.25) is 5.43 Å². The Hall–Kier alpha value is -1.65. The van der Waals surface area contributed by atoms with E-state index in [-0.39, 0.29) is 5.82 Å². The van der Waals surface area contributed by atoms with Crippen LogP contribution in [0.25, 0.3) is 0 Å². The molecule has 0 saturated heterocycles. The second-order valence-electron chi connectivity index (χ2n) is 3.38. The summed E-state index contributed by atoms with van der Waals surface area (Å²) in [6.07, 6.45) is 2.79. The number of hydrogen-bond acceptors (Lipinski definition) is 3. The molecule has 0 aliphatic carbocycles. The zero-order valence-corrected chi connectivity index (χ0v) is 10.6. The number of halogens is 3. The Kier molecular flexibility index (Phi) is 4.12. The number of nitrogens with one attached hydrogen (secondary N) is 1. The molecule has 0 amide bonds. The van der Waals surface area contributed by atoms with Gasteiger partial charge in [0.2, 0.25) is 0 Å². The van der Waals surface area contributed by atoms with Gasteiger partial charge in [-0.05, 0) is 12.1 Å². The molecule has 3 nitrogen and oxygen atoms in total. The zero-order chi connectivity index (χ0) is 13.0. The van der Waals surface area contributed by atoms with Gasteiger partial charge in [-0.2, -0.15) is 5.10 Å². The number of benzene rings is 1. The molecule has 92 valence electrons. The van der Waals surface area contributed by atoms with E-state index in [1.807, 2.05) is 0 Å². The first kappa shape index (κ1) is 12.8. The Balaban J connectivity index is 2.10. The molecule has 18 heavy (non-hydrogen) atoms. The molecular formula is C12H8Cl2FN3. The smallest absolute Gasteiger partial charge is 0.165 e. The first-order chi connectivity index (χ1) is 8.66. The van der Waals surface area contributed by atoms with Crippen LogP contribution in [0.4, 0.5) is 10.2 Å². The zero-order valence-electron chi connectivity index (χ0n) is 9.07. The van der Waals surface area contributed by atoms with Gasteiger partial charge in [0.1, 0.15) is 5.82 Å². The highest BCUT2D eigenvalue weighted by atomic mass is 35.5. The molecule has 1 heterocycles. The monoisotopic (exact) mass is 283 g/mol. The highest BCUT2D eigenvalue weighted by molar-refractivity contribution is 6.35. The predicted molar refractivity (Wildman–Crippen MR) is 71.9 cm³/mol. The van der Waals surface area contributed by atoms with E-state index in [4.69, 9.17) is 23.2 Å². The van der Waals surface area contributed by atoms with Gasteiger partial charge in [-0.15, -0.1) is 0 Å². The van der Waals surface area contributed by atoms with Crippen molar-refractivity contribution < 1.29 is 4.39 Å². The van der Waals surface area contributed by atoms with Gasteiger partial charge in [-0.25, -0.2) is 9.37 Å². The number of hydrazone groups is 1. The average molecular weight is 284 g/mol. The first-order valence-electron chi connectivity index (χ1n) is 5.01. The highest BCUT2D eigenvalue weighted by Gasteiger charge is 2.01. The molecule has 0 spiro atoms. The summed E-state index contributed by atoms with van der Waals surface area (Å²) in [7, 11) is 0. The number of nitrogens with zero attached hydrogens (tertiary/aromatic N) is 2. The van der Waals surface area contributed by atoms with Gasteiger partial charge in [0.15, 0.2) is 5.82 Å². The van der Waals surface area contributed by atoms with E-state index in [2.05, 4.69) is 15.5 Å². The minimum absolute atomic E-state index is 0.341. The maximum Gasteiger partial charge on any atom is 0.165 e. The molecular weight excluding hydrogens is 276 g/mol. The van der Waals surface area contributed by atoms with Crippen LogP contribution in [-0.4, -0.2) is 11.2 Å². The number of rotatable bonds is 3. The summed E-state index contributed by atoms with van der Waals surface area (Å²) in [5.41, 5.74) is 2.99. The fourth-order valence-corrected chi connectivity index (χ4v) is 1.66. The van der Waals surface area contributed by atoms with Crippen molar-refractivity contribution >= 4 is 35.2 Å². The largest absolute Gasteiger partial charge is 0.260 e. The van der Waals surface area contributed by atoms with Crippen LogP contribution >= 0.6 is 23.2 Å². The molecule has 0 unspecified atom stereocenters. The molecule has 0 radical (unpaired) electrons.